The molecule has 71 heavy (non-hydrogen) atoms. The van der Waals surface area contributed by atoms with E-state index < -0.39 is 102 Å². The van der Waals surface area contributed by atoms with Crippen LogP contribution in [0.15, 0.2) is 78.3 Å². The quantitative estimate of drug-likeness (QED) is 0.0155. The van der Waals surface area contributed by atoms with Crippen LogP contribution in [-0.4, -0.2) is 141 Å². The normalized spacial score (nSPS) is 13.4. The van der Waals surface area contributed by atoms with Crippen LogP contribution in [0.2, 0.25) is 0 Å². The number of H-pyrrole nitrogens is 2. The lowest BCUT2D eigenvalue weighted by atomic mass is 10.0. The van der Waals surface area contributed by atoms with E-state index in [9.17, 15) is 48.3 Å². The highest BCUT2D eigenvalue weighted by atomic mass is 32.2. The summed E-state index contributed by atoms with van der Waals surface area (Å²) in [6.45, 7) is 0.760. The minimum atomic E-state index is -1.49. The number of rotatable bonds is 30. The monoisotopic (exact) mass is 1000 g/mol. The van der Waals surface area contributed by atoms with Crippen molar-refractivity contribution in [1.29, 1.82) is 0 Å². The van der Waals surface area contributed by atoms with Crippen molar-refractivity contribution in [2.45, 2.75) is 94.5 Å². The number of nitrogens with two attached hydrogens (primary N) is 3. The molecule has 2 aromatic heterocycles. The molecule has 4 aromatic rings. The van der Waals surface area contributed by atoms with Crippen molar-refractivity contribution in [3.63, 3.8) is 0 Å². The van der Waals surface area contributed by atoms with Crippen LogP contribution in [0.3, 0.4) is 0 Å². The number of nitrogens with zero attached hydrogens (tertiary/aromatic N) is 2. The zero-order valence-electron chi connectivity index (χ0n) is 39.3. The number of aromatic amines is 2. The smallest absolute Gasteiger partial charge is 0.303 e. The number of primary amides is 1. The van der Waals surface area contributed by atoms with Gasteiger partial charge in [-0.25, -0.2) is 4.98 Å². The van der Waals surface area contributed by atoms with Gasteiger partial charge in [0.05, 0.1) is 12.9 Å². The molecule has 4 rings (SSSR count). The summed E-state index contributed by atoms with van der Waals surface area (Å²) in [5.41, 5.74) is 18.8. The van der Waals surface area contributed by atoms with Crippen molar-refractivity contribution in [3.05, 3.63) is 90.1 Å². The Kier molecular flexibility index (Phi) is 22.3. The number of hydrogen-bond donors (Lipinski definition) is 13. The van der Waals surface area contributed by atoms with Crippen molar-refractivity contribution in [2.24, 2.45) is 22.2 Å². The molecule has 2 aromatic carbocycles. The number of carboxylic acid groups (broad SMARTS) is 1. The number of thioether (sulfide) groups is 1. The molecule has 0 radical (unpaired) electrons. The van der Waals surface area contributed by atoms with E-state index in [1.54, 1.807) is 48.9 Å². The summed E-state index contributed by atoms with van der Waals surface area (Å²) in [5, 5.41) is 28.5. The number of carbonyl (C=O) groups excluding carboxylic acids is 8. The van der Waals surface area contributed by atoms with E-state index >= 15 is 0 Å². The molecule has 6 atom stereocenters. The third-order valence-electron chi connectivity index (χ3n) is 10.9. The summed E-state index contributed by atoms with van der Waals surface area (Å²) in [4.78, 5) is 134. The van der Waals surface area contributed by atoms with E-state index in [0.717, 1.165) is 10.9 Å². The van der Waals surface area contributed by atoms with E-state index in [0.29, 0.717) is 22.6 Å². The highest BCUT2D eigenvalue weighted by Crippen LogP contribution is 2.20. The average Bonchev–Trinajstić information content (AvgIpc) is 4.01. The highest BCUT2D eigenvalue weighted by Gasteiger charge is 2.34. The molecule has 0 spiro atoms. The molecule has 0 bridgehead atoms. The molecule has 0 aliphatic rings. The van der Waals surface area contributed by atoms with Gasteiger partial charge < -0.3 is 69.5 Å². The number of carbonyl (C=O) groups is 9. The number of hydrogen-bond acceptors (Lipinski definition) is 12. The first kappa shape index (κ1) is 55.6. The third kappa shape index (κ3) is 19.2. The molecular formula is C46H62N14O10S. The Balaban J connectivity index is 1.65. The van der Waals surface area contributed by atoms with Gasteiger partial charge in [-0.15, -0.1) is 0 Å². The number of imidazole rings is 1. The Morgan fingerprint density at radius 3 is 1.82 bits per heavy atom. The lowest BCUT2D eigenvalue weighted by Crippen LogP contribution is -2.60. The molecule has 0 unspecified atom stereocenters. The number of benzene rings is 2. The van der Waals surface area contributed by atoms with Gasteiger partial charge in [0.1, 0.15) is 36.3 Å². The second-order valence-corrected chi connectivity index (χ2v) is 17.4. The molecule has 382 valence electrons. The van der Waals surface area contributed by atoms with E-state index in [-0.39, 0.29) is 57.5 Å². The number of nitrogens with one attached hydrogen (secondary N) is 9. The maximum atomic E-state index is 14.5. The maximum Gasteiger partial charge on any atom is 0.303 e. The summed E-state index contributed by atoms with van der Waals surface area (Å²) in [6, 6.07) is 7.82. The zero-order chi connectivity index (χ0) is 51.9. The van der Waals surface area contributed by atoms with E-state index in [1.807, 2.05) is 18.2 Å². The fourth-order valence-corrected chi connectivity index (χ4v) is 7.80. The van der Waals surface area contributed by atoms with Gasteiger partial charge in [0, 0.05) is 68.1 Å². The Morgan fingerprint density at radius 1 is 0.676 bits per heavy atom. The second kappa shape index (κ2) is 28.5. The Labute approximate surface area is 413 Å². The fraction of sp³-hybridized carbons (Fsp3) is 0.413. The number of amides is 8. The van der Waals surface area contributed by atoms with E-state index in [2.05, 4.69) is 57.2 Å². The first-order valence-electron chi connectivity index (χ1n) is 22.6. The Morgan fingerprint density at radius 2 is 1.24 bits per heavy atom. The minimum Gasteiger partial charge on any atom is -0.481 e. The van der Waals surface area contributed by atoms with Crippen molar-refractivity contribution < 1.29 is 48.3 Å². The molecule has 8 amide bonds. The Bertz CT molecular complexity index is 2480. The molecule has 24 nitrogen and oxygen atoms in total. The van der Waals surface area contributed by atoms with Crippen LogP contribution in [0, 0.1) is 0 Å². The Hall–Kier alpha value is -7.96. The molecule has 0 saturated heterocycles. The maximum absolute atomic E-state index is 14.5. The lowest BCUT2D eigenvalue weighted by molar-refractivity contribution is -0.138. The zero-order valence-corrected chi connectivity index (χ0v) is 40.1. The summed E-state index contributed by atoms with van der Waals surface area (Å²) < 4.78 is 0. The minimum absolute atomic E-state index is 0.0418. The van der Waals surface area contributed by atoms with Crippen LogP contribution < -0.4 is 54.4 Å². The molecule has 0 aliphatic carbocycles. The number of para-hydroxylation sites is 1. The van der Waals surface area contributed by atoms with Gasteiger partial charge in [0.2, 0.25) is 47.3 Å². The number of aromatic nitrogens is 3. The largest absolute Gasteiger partial charge is 0.481 e. The van der Waals surface area contributed by atoms with Gasteiger partial charge in [-0.3, -0.25) is 48.1 Å². The summed E-state index contributed by atoms with van der Waals surface area (Å²) in [6.07, 6.45) is 5.21. The number of aliphatic carboxylic acids is 1. The predicted molar refractivity (Wildman–Crippen MR) is 264 cm³/mol. The SMILES string of the molecule is CSCC[C@H](NC(C)=O)C(=O)N[C@@H](CCC(=O)O)C(=O)N[C@@H](Cc1cnc[nH]1)C(=O)N[C@@H](Cc1ccccc1)C(=O)N[C@@H](CCCN=C(N)N)C(=O)N[C@@H](Cc1c[nH]c2ccccc12)C(=O)NCC(N)=O. The van der Waals surface area contributed by atoms with Crippen LogP contribution in [-0.2, 0) is 62.4 Å². The molecule has 16 N–H and O–H groups in total. The van der Waals surface area contributed by atoms with E-state index in [1.165, 1.54) is 31.2 Å². The van der Waals surface area contributed by atoms with E-state index in [4.69, 9.17) is 17.2 Å². The molecule has 0 saturated carbocycles. The second-order valence-electron chi connectivity index (χ2n) is 16.4. The fourth-order valence-electron chi connectivity index (χ4n) is 7.33. The average molecular weight is 1000 g/mol. The number of aliphatic imine (C=N–C) groups is 1. The van der Waals surface area contributed by atoms with Crippen molar-refractivity contribution in [1.82, 2.24) is 52.2 Å². The van der Waals surface area contributed by atoms with Crippen LogP contribution in [0.25, 0.3) is 10.9 Å². The van der Waals surface area contributed by atoms with Gasteiger partial charge >= 0.3 is 5.97 Å². The number of guanidine groups is 1. The molecular weight excluding hydrogens is 941 g/mol. The third-order valence-corrected chi connectivity index (χ3v) is 11.5. The summed E-state index contributed by atoms with van der Waals surface area (Å²) in [7, 11) is 0. The topological polar surface area (TPSA) is 393 Å². The number of fused-ring (bicyclic) bond motifs is 1. The van der Waals surface area contributed by atoms with Gasteiger partial charge in [0.15, 0.2) is 5.96 Å². The van der Waals surface area contributed by atoms with Crippen molar-refractivity contribution >= 4 is 81.9 Å². The van der Waals surface area contributed by atoms with Crippen LogP contribution in [0.4, 0.5) is 0 Å². The first-order valence-corrected chi connectivity index (χ1v) is 24.0. The number of carboxylic acids is 1. The van der Waals surface area contributed by atoms with Crippen molar-refractivity contribution in [3.8, 4) is 0 Å². The predicted octanol–water partition coefficient (Wildman–Crippen LogP) is -1.88. The van der Waals surface area contributed by atoms with Gasteiger partial charge in [-0.1, -0.05) is 48.5 Å². The van der Waals surface area contributed by atoms with Crippen LogP contribution >= 0.6 is 11.8 Å². The standard InChI is InChI=1S/C46H62N14O10S/c1-26(61)55-34(16-18-71-2)43(68)57-33(14-15-39(63)64)42(67)60-37(21-29-23-50-25-54-29)45(70)58-35(19-27-9-4-3-5-10-27)44(69)56-32(13-8-17-51-46(48)49)41(66)59-36(40(65)53-24-38(47)62)20-28-22-52-31-12-7-6-11-30(28)31/h3-7,9-12,22-23,25,32-37,52H,8,13-21,24H2,1-2H3,(H2,47,62)(H,50,54)(H,53,65)(H,55,61)(H,56,69)(H,57,68)(H,58,70)(H,59,66)(H,60,67)(H,63,64)(H4,48,49,51)/t32-,33-,34-,35-,36-,37-/m0/s1. The van der Waals surface area contributed by atoms with Gasteiger partial charge in [-0.05, 0) is 54.9 Å². The summed E-state index contributed by atoms with van der Waals surface area (Å²) >= 11 is 1.42. The molecule has 25 heteroatoms. The van der Waals surface area contributed by atoms with Crippen molar-refractivity contribution in [2.75, 3.05) is 25.1 Å². The summed E-state index contributed by atoms with van der Waals surface area (Å²) in [5.74, 6) is -7.29. The van der Waals surface area contributed by atoms with Crippen LogP contribution in [0.5, 0.6) is 0 Å². The molecule has 0 aliphatic heterocycles. The molecule has 0 fully saturated rings. The first-order chi connectivity index (χ1) is 33.9. The van der Waals surface area contributed by atoms with Crippen LogP contribution in [0.1, 0.15) is 55.8 Å². The lowest BCUT2D eigenvalue weighted by Gasteiger charge is -2.27. The highest BCUT2D eigenvalue weighted by molar-refractivity contribution is 7.98. The van der Waals surface area contributed by atoms with Gasteiger partial charge in [-0.2, -0.15) is 11.8 Å². The molecule has 2 heterocycles. The van der Waals surface area contributed by atoms with Gasteiger partial charge in [0.25, 0.3) is 0 Å².